The van der Waals surface area contributed by atoms with E-state index in [4.69, 9.17) is 10.5 Å². The van der Waals surface area contributed by atoms with Crippen molar-refractivity contribution in [3.05, 3.63) is 28.6 Å². The smallest absolute Gasteiger partial charge is 0.301 e. The van der Waals surface area contributed by atoms with Crippen LogP contribution in [0.15, 0.2) is 23.0 Å². The van der Waals surface area contributed by atoms with Gasteiger partial charge in [0.05, 0.1) is 17.2 Å². The van der Waals surface area contributed by atoms with Gasteiger partial charge in [-0.2, -0.15) is 0 Å². The Morgan fingerprint density at radius 2 is 2.13 bits per heavy atom. The van der Waals surface area contributed by atoms with Gasteiger partial charge in [-0.25, -0.2) is 8.78 Å². The first-order valence-electron chi connectivity index (χ1n) is 7.58. The zero-order valence-corrected chi connectivity index (χ0v) is 12.6. The third kappa shape index (κ3) is 2.14. The van der Waals surface area contributed by atoms with E-state index in [-0.39, 0.29) is 11.7 Å². The molecule has 1 saturated carbocycles. The van der Waals surface area contributed by atoms with Crippen LogP contribution >= 0.6 is 0 Å². The molecule has 1 aliphatic carbocycles. The Labute approximate surface area is 131 Å². The van der Waals surface area contributed by atoms with E-state index in [9.17, 15) is 13.6 Å². The predicted octanol–water partition coefficient (Wildman–Crippen LogP) is 2.34. The molecule has 2 aromatic rings. The van der Waals surface area contributed by atoms with E-state index in [0.29, 0.717) is 22.3 Å². The summed E-state index contributed by atoms with van der Waals surface area (Å²) in [6, 6.07) is 4.04. The maximum absolute atomic E-state index is 14.4. The van der Waals surface area contributed by atoms with Crippen LogP contribution in [0.1, 0.15) is 12.8 Å². The summed E-state index contributed by atoms with van der Waals surface area (Å²) in [6.45, 7) is -0.794. The van der Waals surface area contributed by atoms with Crippen LogP contribution in [0, 0.1) is 5.92 Å². The van der Waals surface area contributed by atoms with Crippen molar-refractivity contribution >= 4 is 22.3 Å². The number of aryl methyl sites for hydroxylation is 1. The molecule has 1 atom stereocenters. The molecule has 1 aromatic heterocycles. The summed E-state index contributed by atoms with van der Waals surface area (Å²) in [5.41, 5.74) is 6.85. The minimum atomic E-state index is -3.03. The average molecular weight is 321 g/mol. The van der Waals surface area contributed by atoms with Crippen LogP contribution in [0.5, 0.6) is 5.75 Å². The lowest BCUT2D eigenvalue weighted by Gasteiger charge is -2.25. The van der Waals surface area contributed by atoms with E-state index in [2.05, 4.69) is 5.32 Å². The molecular weight excluding hydrogens is 304 g/mol. The zero-order chi connectivity index (χ0) is 16.4. The largest absolute Gasteiger partial charge is 0.480 e. The number of alkyl halides is 2. The Morgan fingerprint density at radius 1 is 1.39 bits per heavy atom. The van der Waals surface area contributed by atoms with Gasteiger partial charge in [0.25, 0.3) is 5.56 Å². The summed E-state index contributed by atoms with van der Waals surface area (Å²) in [7, 11) is 1.59. The third-order valence-corrected chi connectivity index (χ3v) is 4.63. The van der Waals surface area contributed by atoms with Gasteiger partial charge in [-0.05, 0) is 37.0 Å². The van der Waals surface area contributed by atoms with Crippen LogP contribution in [0.3, 0.4) is 0 Å². The van der Waals surface area contributed by atoms with Gasteiger partial charge in [0, 0.05) is 18.1 Å². The first kappa shape index (κ1) is 14.3. The van der Waals surface area contributed by atoms with E-state index in [1.807, 2.05) is 0 Å². The molecule has 0 radical (unpaired) electrons. The fourth-order valence-corrected chi connectivity index (χ4v) is 3.23. The van der Waals surface area contributed by atoms with Gasteiger partial charge in [0.15, 0.2) is 6.61 Å². The minimum absolute atomic E-state index is 0.0616. The number of ether oxygens (including phenoxy) is 1. The molecule has 1 aromatic carbocycles. The number of hydrogen-bond acceptors (Lipinski definition) is 4. The first-order chi connectivity index (χ1) is 10.9. The number of aromatic nitrogens is 1. The summed E-state index contributed by atoms with van der Waals surface area (Å²) in [5.74, 6) is -3.19. The number of anilines is 2. The standard InChI is InChI=1S/C16H17F2N3O2/c1-21-11-5-4-9(19)6-10(11)12-13(15(21)22)23-7-16(17,18)14(20-12)8-2-3-8/h4-6,8,14,20H,2-3,7,19H2,1H3. The number of nitrogens with two attached hydrogens (primary N) is 1. The zero-order valence-electron chi connectivity index (χ0n) is 12.6. The Kier molecular flexibility index (Phi) is 2.86. The average Bonchev–Trinajstić information content (AvgIpc) is 3.32. The number of rotatable bonds is 1. The molecule has 0 spiro atoms. The van der Waals surface area contributed by atoms with Crippen molar-refractivity contribution in [3.63, 3.8) is 0 Å². The second kappa shape index (κ2) is 4.59. The van der Waals surface area contributed by atoms with Crippen molar-refractivity contribution < 1.29 is 13.5 Å². The third-order valence-electron chi connectivity index (χ3n) is 4.63. The fraction of sp³-hybridized carbons (Fsp3) is 0.438. The van der Waals surface area contributed by atoms with Crippen LogP contribution in [0.25, 0.3) is 10.9 Å². The van der Waals surface area contributed by atoms with E-state index in [1.165, 1.54) is 4.57 Å². The highest BCUT2D eigenvalue weighted by Crippen LogP contribution is 2.45. The number of halogens is 2. The van der Waals surface area contributed by atoms with Gasteiger partial charge >= 0.3 is 5.92 Å². The number of fused-ring (bicyclic) bond motifs is 3. The highest BCUT2D eigenvalue weighted by Gasteiger charge is 2.51. The lowest BCUT2D eigenvalue weighted by Crippen LogP contribution is -2.44. The second-order valence-electron chi connectivity index (χ2n) is 6.35. The van der Waals surface area contributed by atoms with Crippen LogP contribution in [0.4, 0.5) is 20.2 Å². The number of nitrogens with one attached hydrogen (secondary N) is 1. The molecule has 2 heterocycles. The lowest BCUT2D eigenvalue weighted by atomic mass is 10.0. The summed E-state index contributed by atoms with van der Waals surface area (Å²) in [4.78, 5) is 12.5. The normalized spacial score (nSPS) is 22.8. The minimum Gasteiger partial charge on any atom is -0.480 e. The van der Waals surface area contributed by atoms with Gasteiger partial charge < -0.3 is 20.4 Å². The van der Waals surface area contributed by atoms with Crippen LogP contribution in [-0.2, 0) is 7.05 Å². The van der Waals surface area contributed by atoms with Crippen molar-refractivity contribution in [2.24, 2.45) is 13.0 Å². The molecule has 5 nitrogen and oxygen atoms in total. The van der Waals surface area contributed by atoms with Gasteiger partial charge in [-0.3, -0.25) is 4.79 Å². The summed E-state index contributed by atoms with van der Waals surface area (Å²) in [5, 5.41) is 3.52. The van der Waals surface area contributed by atoms with Crippen molar-refractivity contribution in [1.29, 1.82) is 0 Å². The van der Waals surface area contributed by atoms with E-state index in [0.717, 1.165) is 12.8 Å². The van der Waals surface area contributed by atoms with Crippen molar-refractivity contribution in [3.8, 4) is 5.75 Å². The topological polar surface area (TPSA) is 69.3 Å². The van der Waals surface area contributed by atoms with Crippen LogP contribution in [-0.4, -0.2) is 23.1 Å². The van der Waals surface area contributed by atoms with Gasteiger partial charge in [0.1, 0.15) is 0 Å². The molecule has 0 amide bonds. The molecular formula is C16H17F2N3O2. The molecule has 7 heteroatoms. The second-order valence-corrected chi connectivity index (χ2v) is 6.35. The number of hydrogen-bond donors (Lipinski definition) is 2. The van der Waals surface area contributed by atoms with Crippen molar-refractivity contribution in [2.75, 3.05) is 17.7 Å². The van der Waals surface area contributed by atoms with Gasteiger partial charge in [-0.1, -0.05) is 0 Å². The molecule has 1 unspecified atom stereocenters. The Bertz CT molecular complexity index is 859. The highest BCUT2D eigenvalue weighted by atomic mass is 19.3. The summed E-state index contributed by atoms with van der Waals surface area (Å²) < 4.78 is 35.4. The Balaban J connectivity index is 1.99. The fourth-order valence-electron chi connectivity index (χ4n) is 3.23. The monoisotopic (exact) mass is 321 g/mol. The van der Waals surface area contributed by atoms with E-state index >= 15 is 0 Å². The lowest BCUT2D eigenvalue weighted by molar-refractivity contribution is -0.0579. The summed E-state index contributed by atoms with van der Waals surface area (Å²) in [6.07, 6.45) is 1.51. The maximum Gasteiger partial charge on any atom is 0.301 e. The molecule has 2 aliphatic rings. The van der Waals surface area contributed by atoms with Gasteiger partial charge in [-0.15, -0.1) is 0 Å². The Morgan fingerprint density at radius 3 is 2.83 bits per heavy atom. The molecule has 122 valence electrons. The first-order valence-corrected chi connectivity index (χ1v) is 7.58. The highest BCUT2D eigenvalue weighted by molar-refractivity contribution is 5.96. The van der Waals surface area contributed by atoms with Crippen LogP contribution in [0.2, 0.25) is 0 Å². The number of nitrogen functional groups attached to an aromatic ring is 1. The molecule has 0 saturated heterocycles. The van der Waals surface area contributed by atoms with E-state index < -0.39 is 24.1 Å². The predicted molar refractivity (Wildman–Crippen MR) is 84.2 cm³/mol. The van der Waals surface area contributed by atoms with Crippen LogP contribution < -0.4 is 21.3 Å². The SMILES string of the molecule is Cn1c(=O)c2c(c3cc(N)ccc31)NC(C1CC1)C(F)(F)CO2. The van der Waals surface area contributed by atoms with Gasteiger partial charge in [0.2, 0.25) is 5.75 Å². The molecule has 1 fully saturated rings. The number of pyridine rings is 1. The van der Waals surface area contributed by atoms with Crippen molar-refractivity contribution in [2.45, 2.75) is 24.8 Å². The maximum atomic E-state index is 14.4. The molecule has 0 bridgehead atoms. The van der Waals surface area contributed by atoms with E-state index in [1.54, 1.807) is 25.2 Å². The molecule has 1 aliphatic heterocycles. The number of benzene rings is 1. The Hall–Kier alpha value is -2.31. The molecule has 23 heavy (non-hydrogen) atoms. The quantitative estimate of drug-likeness (QED) is 0.791. The summed E-state index contributed by atoms with van der Waals surface area (Å²) >= 11 is 0. The molecule has 4 rings (SSSR count). The molecule has 3 N–H and O–H groups in total. The van der Waals surface area contributed by atoms with Crippen molar-refractivity contribution in [1.82, 2.24) is 4.57 Å². The number of nitrogens with zero attached hydrogens (tertiary/aromatic N) is 1.